The van der Waals surface area contributed by atoms with Gasteiger partial charge in [-0.2, -0.15) is 0 Å². The number of methoxy groups -OCH3 is 2. The molecule has 0 spiro atoms. The number of hydrogen-bond acceptors (Lipinski definition) is 5. The molecule has 0 fully saturated rings. The van der Waals surface area contributed by atoms with Crippen LogP contribution in [0.1, 0.15) is 15.9 Å². The van der Waals surface area contributed by atoms with Crippen LogP contribution in [0.2, 0.25) is 0 Å². The topological polar surface area (TPSA) is 85.5 Å². The average molecular weight is 225 g/mol. The van der Waals surface area contributed by atoms with Crippen LogP contribution in [0.15, 0.2) is 17.1 Å². The summed E-state index contributed by atoms with van der Waals surface area (Å²) >= 11 is 0. The maximum atomic E-state index is 11.3. The largest absolute Gasteiger partial charge is 0.469 e. The van der Waals surface area contributed by atoms with E-state index in [-0.39, 0.29) is 17.5 Å². The molecule has 0 saturated heterocycles. The third-order valence-electron chi connectivity index (χ3n) is 1.98. The number of carbonyl (C=O) groups is 2. The Morgan fingerprint density at radius 2 is 2.00 bits per heavy atom. The van der Waals surface area contributed by atoms with Gasteiger partial charge in [-0.3, -0.25) is 9.59 Å². The smallest absolute Gasteiger partial charge is 0.339 e. The third kappa shape index (κ3) is 2.69. The predicted octanol–water partition coefficient (Wildman–Crippen LogP) is -0.123. The quantitative estimate of drug-likeness (QED) is 0.724. The van der Waals surface area contributed by atoms with Crippen LogP contribution in [0.25, 0.3) is 0 Å². The molecule has 1 N–H and O–H groups in total. The van der Waals surface area contributed by atoms with Crippen molar-refractivity contribution >= 4 is 11.9 Å². The lowest BCUT2D eigenvalue weighted by molar-refractivity contribution is -0.139. The number of ether oxygens (including phenoxy) is 2. The Hall–Kier alpha value is -2.11. The number of esters is 2. The lowest BCUT2D eigenvalue weighted by atomic mass is 10.1. The molecule has 0 amide bonds. The Morgan fingerprint density at radius 3 is 2.56 bits per heavy atom. The molecule has 1 aromatic heterocycles. The van der Waals surface area contributed by atoms with Crippen molar-refractivity contribution in [1.29, 1.82) is 0 Å². The number of rotatable bonds is 3. The zero-order chi connectivity index (χ0) is 12.1. The number of pyridine rings is 1. The highest BCUT2D eigenvalue weighted by Crippen LogP contribution is 2.08. The summed E-state index contributed by atoms with van der Waals surface area (Å²) in [6, 6.07) is 1.17. The molecule has 6 nitrogen and oxygen atoms in total. The van der Waals surface area contributed by atoms with E-state index < -0.39 is 17.5 Å². The first-order valence-corrected chi connectivity index (χ1v) is 4.45. The fourth-order valence-corrected chi connectivity index (χ4v) is 1.19. The number of hydrogen-bond donors (Lipinski definition) is 1. The summed E-state index contributed by atoms with van der Waals surface area (Å²) in [5, 5.41) is 0. The van der Waals surface area contributed by atoms with Gasteiger partial charge in [0.15, 0.2) is 0 Å². The van der Waals surface area contributed by atoms with Crippen molar-refractivity contribution in [3.8, 4) is 0 Å². The molecule has 0 bridgehead atoms. The Labute approximate surface area is 91.2 Å². The molecule has 1 aromatic rings. The molecular formula is C10H11NO5. The standard InChI is InChI=1S/C10H11NO5/c1-15-9(13)4-6-3-8(12)11-5-7(6)10(14)16-2/h3,5H,4H2,1-2H3,(H,11,12). The molecule has 0 atom stereocenters. The van der Waals surface area contributed by atoms with Gasteiger partial charge in [-0.25, -0.2) is 4.79 Å². The van der Waals surface area contributed by atoms with Gasteiger partial charge in [0.1, 0.15) is 0 Å². The Balaban J connectivity index is 3.13. The van der Waals surface area contributed by atoms with Crippen molar-refractivity contribution in [1.82, 2.24) is 4.98 Å². The highest BCUT2D eigenvalue weighted by atomic mass is 16.5. The molecule has 0 radical (unpaired) electrons. The van der Waals surface area contributed by atoms with Gasteiger partial charge in [-0.05, 0) is 5.56 Å². The molecule has 0 aliphatic heterocycles. The van der Waals surface area contributed by atoms with Gasteiger partial charge in [0.25, 0.3) is 0 Å². The van der Waals surface area contributed by atoms with E-state index in [0.717, 1.165) is 0 Å². The van der Waals surface area contributed by atoms with Crippen LogP contribution >= 0.6 is 0 Å². The van der Waals surface area contributed by atoms with Crippen molar-refractivity contribution in [2.24, 2.45) is 0 Å². The number of H-pyrrole nitrogens is 1. The third-order valence-corrected chi connectivity index (χ3v) is 1.98. The summed E-state index contributed by atoms with van der Waals surface area (Å²) in [7, 11) is 2.45. The van der Waals surface area contributed by atoms with Crippen molar-refractivity contribution in [3.63, 3.8) is 0 Å². The summed E-state index contributed by atoms with van der Waals surface area (Å²) in [4.78, 5) is 35.8. The van der Waals surface area contributed by atoms with Crippen LogP contribution in [-0.4, -0.2) is 31.1 Å². The fraction of sp³-hybridized carbons (Fsp3) is 0.300. The Bertz CT molecular complexity index is 463. The zero-order valence-electron chi connectivity index (χ0n) is 8.90. The van der Waals surface area contributed by atoms with Gasteiger partial charge in [0.05, 0.1) is 26.2 Å². The molecule has 0 unspecified atom stereocenters. The summed E-state index contributed by atoms with van der Waals surface area (Å²) < 4.78 is 8.98. The Morgan fingerprint density at radius 1 is 1.31 bits per heavy atom. The number of carbonyl (C=O) groups excluding carboxylic acids is 2. The van der Waals surface area contributed by atoms with Crippen LogP contribution in [0.4, 0.5) is 0 Å². The maximum absolute atomic E-state index is 11.3. The maximum Gasteiger partial charge on any atom is 0.339 e. The van der Waals surface area contributed by atoms with Crippen LogP contribution < -0.4 is 5.56 Å². The monoisotopic (exact) mass is 225 g/mol. The lowest BCUT2D eigenvalue weighted by Gasteiger charge is -2.05. The van der Waals surface area contributed by atoms with Crippen LogP contribution in [0.5, 0.6) is 0 Å². The number of aromatic amines is 1. The summed E-state index contributed by atoms with van der Waals surface area (Å²) in [6.45, 7) is 0. The first-order chi connectivity index (χ1) is 7.58. The number of aromatic nitrogens is 1. The normalized spacial score (nSPS) is 9.62. The van der Waals surface area contributed by atoms with E-state index in [1.807, 2.05) is 0 Å². The molecule has 0 saturated carbocycles. The minimum absolute atomic E-state index is 0.146. The Kier molecular flexibility index (Phi) is 3.82. The van der Waals surface area contributed by atoms with E-state index in [0.29, 0.717) is 0 Å². The van der Waals surface area contributed by atoms with E-state index in [9.17, 15) is 14.4 Å². The van der Waals surface area contributed by atoms with Crippen molar-refractivity contribution in [2.45, 2.75) is 6.42 Å². The van der Waals surface area contributed by atoms with E-state index in [1.165, 1.54) is 26.5 Å². The van der Waals surface area contributed by atoms with Gasteiger partial charge in [0.2, 0.25) is 5.56 Å². The second-order valence-corrected chi connectivity index (χ2v) is 2.98. The minimum Gasteiger partial charge on any atom is -0.469 e. The summed E-state index contributed by atoms with van der Waals surface area (Å²) in [6.07, 6.45) is 1.07. The van der Waals surface area contributed by atoms with Crippen LogP contribution in [0, 0.1) is 0 Å². The number of nitrogens with one attached hydrogen (secondary N) is 1. The van der Waals surface area contributed by atoms with Crippen molar-refractivity contribution < 1.29 is 19.1 Å². The van der Waals surface area contributed by atoms with Crippen LogP contribution in [-0.2, 0) is 20.7 Å². The van der Waals surface area contributed by atoms with Crippen molar-refractivity contribution in [2.75, 3.05) is 14.2 Å². The van der Waals surface area contributed by atoms with E-state index in [1.54, 1.807) is 0 Å². The molecule has 0 aliphatic rings. The first kappa shape index (κ1) is 12.0. The molecule has 0 aliphatic carbocycles. The summed E-state index contributed by atoms with van der Waals surface area (Å²) in [5.41, 5.74) is 0.0292. The van der Waals surface area contributed by atoms with Crippen molar-refractivity contribution in [3.05, 3.63) is 33.7 Å². The second-order valence-electron chi connectivity index (χ2n) is 2.98. The highest BCUT2D eigenvalue weighted by Gasteiger charge is 2.15. The highest BCUT2D eigenvalue weighted by molar-refractivity contribution is 5.92. The SMILES string of the molecule is COC(=O)Cc1cc(=O)[nH]cc1C(=O)OC. The summed E-state index contributed by atoms with van der Waals surface area (Å²) in [5.74, 6) is -1.15. The zero-order valence-corrected chi connectivity index (χ0v) is 8.90. The predicted molar refractivity (Wildman–Crippen MR) is 54.1 cm³/mol. The van der Waals surface area contributed by atoms with E-state index in [4.69, 9.17) is 0 Å². The lowest BCUT2D eigenvalue weighted by Crippen LogP contribution is -2.16. The molecule has 1 heterocycles. The second kappa shape index (κ2) is 5.11. The molecule has 0 aromatic carbocycles. The van der Waals surface area contributed by atoms with E-state index in [2.05, 4.69) is 14.5 Å². The molecule has 16 heavy (non-hydrogen) atoms. The minimum atomic E-state index is -0.616. The average Bonchev–Trinajstić information content (AvgIpc) is 2.28. The first-order valence-electron chi connectivity index (χ1n) is 4.45. The van der Waals surface area contributed by atoms with Gasteiger partial charge in [-0.15, -0.1) is 0 Å². The molecule has 86 valence electrons. The van der Waals surface area contributed by atoms with Gasteiger partial charge in [-0.1, -0.05) is 0 Å². The molecular weight excluding hydrogens is 214 g/mol. The van der Waals surface area contributed by atoms with E-state index >= 15 is 0 Å². The molecule has 1 rings (SSSR count). The molecule has 6 heteroatoms. The van der Waals surface area contributed by atoms with Gasteiger partial charge in [0, 0.05) is 12.3 Å². The van der Waals surface area contributed by atoms with Crippen LogP contribution in [0.3, 0.4) is 0 Å². The fourth-order valence-electron chi connectivity index (χ4n) is 1.19. The van der Waals surface area contributed by atoms with Gasteiger partial charge < -0.3 is 14.5 Å². The van der Waals surface area contributed by atoms with Gasteiger partial charge >= 0.3 is 11.9 Å².